The van der Waals surface area contributed by atoms with E-state index in [1.165, 1.54) is 12.8 Å². The topological polar surface area (TPSA) is 63.3 Å². The summed E-state index contributed by atoms with van der Waals surface area (Å²) in [4.78, 5) is -0.950. The van der Waals surface area contributed by atoms with Crippen molar-refractivity contribution >= 4 is 11.1 Å². The summed E-state index contributed by atoms with van der Waals surface area (Å²) in [5, 5.41) is 0. The van der Waals surface area contributed by atoms with Crippen molar-refractivity contribution in [2.45, 2.75) is 57.7 Å². The van der Waals surface area contributed by atoms with Gasteiger partial charge < -0.3 is 10.3 Å². The first-order valence-electron chi connectivity index (χ1n) is 5.33. The van der Waals surface area contributed by atoms with Crippen LogP contribution in [0, 0.1) is 5.92 Å². The molecule has 0 saturated heterocycles. The maximum Gasteiger partial charge on any atom is 0.173 e. The summed E-state index contributed by atoms with van der Waals surface area (Å²) in [6.45, 7) is 5.91. The van der Waals surface area contributed by atoms with Gasteiger partial charge in [0.25, 0.3) is 0 Å². The highest BCUT2D eigenvalue weighted by Crippen LogP contribution is 2.24. The van der Waals surface area contributed by atoms with Crippen molar-refractivity contribution < 1.29 is 8.76 Å². The Morgan fingerprint density at radius 3 is 2.43 bits per heavy atom. The Balaban J connectivity index is 4.09. The zero-order chi connectivity index (χ0) is 11.2. The first-order chi connectivity index (χ1) is 6.44. The van der Waals surface area contributed by atoms with Crippen molar-refractivity contribution in [2.75, 3.05) is 0 Å². The SMILES string of the molecule is CCCCC(CC)CC(C)(N)S(=O)O. The molecule has 0 rings (SSSR count). The zero-order valence-corrected chi connectivity index (χ0v) is 10.3. The molecule has 0 bridgehead atoms. The van der Waals surface area contributed by atoms with Gasteiger partial charge >= 0.3 is 0 Å². The summed E-state index contributed by atoms with van der Waals surface area (Å²) in [6, 6.07) is 0. The lowest BCUT2D eigenvalue weighted by Gasteiger charge is -2.25. The van der Waals surface area contributed by atoms with Gasteiger partial charge in [0.1, 0.15) is 4.87 Å². The van der Waals surface area contributed by atoms with Crippen LogP contribution >= 0.6 is 0 Å². The number of nitrogens with two attached hydrogens (primary N) is 1. The van der Waals surface area contributed by atoms with E-state index >= 15 is 0 Å². The largest absolute Gasteiger partial charge is 0.313 e. The standard InChI is InChI=1S/C10H23NO2S/c1-4-6-7-9(5-2)8-10(3,11)14(12)13/h9H,4-8,11H2,1-3H3,(H,12,13). The van der Waals surface area contributed by atoms with Crippen molar-refractivity contribution in [3.05, 3.63) is 0 Å². The summed E-state index contributed by atoms with van der Waals surface area (Å²) in [5.74, 6) is 0.473. The third-order valence-electron chi connectivity index (χ3n) is 2.64. The van der Waals surface area contributed by atoms with E-state index in [2.05, 4.69) is 13.8 Å². The van der Waals surface area contributed by atoms with Gasteiger partial charge in [-0.25, -0.2) is 4.21 Å². The highest BCUT2D eigenvalue weighted by atomic mass is 32.2. The normalized spacial score (nSPS) is 20.1. The van der Waals surface area contributed by atoms with E-state index in [4.69, 9.17) is 10.3 Å². The van der Waals surface area contributed by atoms with E-state index in [-0.39, 0.29) is 0 Å². The molecule has 0 aliphatic heterocycles. The molecule has 0 aromatic heterocycles. The Labute approximate surface area is 89.7 Å². The quantitative estimate of drug-likeness (QED) is 0.649. The molecule has 14 heavy (non-hydrogen) atoms. The predicted molar refractivity (Wildman–Crippen MR) is 61.3 cm³/mol. The van der Waals surface area contributed by atoms with Gasteiger partial charge in [0.05, 0.1) is 0 Å². The first kappa shape index (κ1) is 14.1. The average Bonchev–Trinajstić information content (AvgIpc) is 2.11. The van der Waals surface area contributed by atoms with E-state index < -0.39 is 16.0 Å². The van der Waals surface area contributed by atoms with Crippen LogP contribution in [0.25, 0.3) is 0 Å². The molecule has 4 heteroatoms. The van der Waals surface area contributed by atoms with Gasteiger partial charge in [-0.3, -0.25) is 0 Å². The monoisotopic (exact) mass is 221 g/mol. The highest BCUT2D eigenvalue weighted by Gasteiger charge is 2.28. The van der Waals surface area contributed by atoms with Crippen molar-refractivity contribution in [3.63, 3.8) is 0 Å². The van der Waals surface area contributed by atoms with E-state index in [1.807, 2.05) is 0 Å². The van der Waals surface area contributed by atoms with Crippen molar-refractivity contribution in [1.82, 2.24) is 0 Å². The van der Waals surface area contributed by atoms with Gasteiger partial charge in [-0.05, 0) is 19.3 Å². The molecule has 0 aliphatic rings. The number of hydrogen-bond donors (Lipinski definition) is 2. The van der Waals surface area contributed by atoms with Crippen LogP contribution in [0.3, 0.4) is 0 Å². The highest BCUT2D eigenvalue weighted by molar-refractivity contribution is 7.80. The van der Waals surface area contributed by atoms with E-state index in [0.717, 1.165) is 12.8 Å². The second-order valence-corrected chi connectivity index (χ2v) is 5.61. The molecule has 3 nitrogen and oxygen atoms in total. The van der Waals surface area contributed by atoms with Crippen LogP contribution in [0.15, 0.2) is 0 Å². The van der Waals surface area contributed by atoms with Gasteiger partial charge in [-0.15, -0.1) is 0 Å². The molecule has 86 valence electrons. The minimum absolute atomic E-state index is 0.473. The summed E-state index contributed by atoms with van der Waals surface area (Å²) in [5.41, 5.74) is 5.76. The molecule has 0 aromatic rings. The first-order valence-corrected chi connectivity index (χ1v) is 6.44. The summed E-state index contributed by atoms with van der Waals surface area (Å²) >= 11 is -1.93. The lowest BCUT2D eigenvalue weighted by molar-refractivity contribution is 0.361. The third-order valence-corrected chi connectivity index (χ3v) is 3.60. The maximum atomic E-state index is 10.9. The minimum Gasteiger partial charge on any atom is -0.313 e. The van der Waals surface area contributed by atoms with Crippen LogP contribution in [0.1, 0.15) is 52.9 Å². The Morgan fingerprint density at radius 2 is 2.07 bits per heavy atom. The van der Waals surface area contributed by atoms with Gasteiger partial charge in [-0.2, -0.15) is 0 Å². The smallest absolute Gasteiger partial charge is 0.173 e. The van der Waals surface area contributed by atoms with Crippen molar-refractivity contribution in [3.8, 4) is 0 Å². The zero-order valence-electron chi connectivity index (χ0n) is 9.45. The molecule has 0 aromatic carbocycles. The second-order valence-electron chi connectivity index (χ2n) is 4.18. The molecule has 0 fully saturated rings. The van der Waals surface area contributed by atoms with Gasteiger partial charge in [-0.1, -0.05) is 39.5 Å². The molecule has 0 spiro atoms. The molecule has 0 saturated carbocycles. The van der Waals surface area contributed by atoms with Crippen LogP contribution in [0.4, 0.5) is 0 Å². The van der Waals surface area contributed by atoms with Crippen LogP contribution in [-0.4, -0.2) is 13.6 Å². The van der Waals surface area contributed by atoms with Gasteiger partial charge in [0, 0.05) is 0 Å². The Morgan fingerprint density at radius 1 is 1.50 bits per heavy atom. The van der Waals surface area contributed by atoms with Gasteiger partial charge in [0.2, 0.25) is 0 Å². The average molecular weight is 221 g/mol. The molecule has 0 aliphatic carbocycles. The Hall–Kier alpha value is 0.0700. The van der Waals surface area contributed by atoms with Crippen LogP contribution < -0.4 is 5.73 Å². The minimum atomic E-state index is -1.93. The molecule has 3 unspecified atom stereocenters. The molecule has 3 N–H and O–H groups in total. The fourth-order valence-electron chi connectivity index (χ4n) is 1.59. The number of hydrogen-bond acceptors (Lipinski definition) is 2. The summed E-state index contributed by atoms with van der Waals surface area (Å²) < 4.78 is 19.9. The Kier molecular flexibility index (Phi) is 6.57. The molecule has 3 atom stereocenters. The number of unbranched alkanes of at least 4 members (excludes halogenated alkanes) is 1. The maximum absolute atomic E-state index is 10.9. The van der Waals surface area contributed by atoms with E-state index in [9.17, 15) is 4.21 Å². The van der Waals surface area contributed by atoms with Crippen molar-refractivity contribution in [2.24, 2.45) is 11.7 Å². The van der Waals surface area contributed by atoms with E-state index in [1.54, 1.807) is 6.92 Å². The van der Waals surface area contributed by atoms with Gasteiger partial charge in [0.15, 0.2) is 11.1 Å². The van der Waals surface area contributed by atoms with Crippen LogP contribution in [0.5, 0.6) is 0 Å². The predicted octanol–water partition coefficient (Wildman–Crippen LogP) is 2.49. The fourth-order valence-corrected chi connectivity index (χ4v) is 1.97. The molecule has 0 radical (unpaired) electrons. The van der Waals surface area contributed by atoms with E-state index in [0.29, 0.717) is 12.3 Å². The third kappa shape index (κ3) is 5.08. The second kappa shape index (κ2) is 6.53. The molecular weight excluding hydrogens is 198 g/mol. The summed E-state index contributed by atoms with van der Waals surface area (Å²) in [6.07, 6.45) is 5.11. The molecular formula is C10H23NO2S. The number of rotatable bonds is 7. The fraction of sp³-hybridized carbons (Fsp3) is 1.00. The van der Waals surface area contributed by atoms with Crippen LogP contribution in [-0.2, 0) is 11.1 Å². The lowest BCUT2D eigenvalue weighted by Crippen LogP contribution is -2.42. The van der Waals surface area contributed by atoms with Crippen molar-refractivity contribution in [1.29, 1.82) is 0 Å². The molecule has 0 amide bonds. The lowest BCUT2D eigenvalue weighted by atomic mass is 9.93. The molecule has 0 heterocycles. The Bertz CT molecular complexity index is 183. The van der Waals surface area contributed by atoms with Crippen LogP contribution in [0.2, 0.25) is 0 Å². The summed E-state index contributed by atoms with van der Waals surface area (Å²) in [7, 11) is 0.